The molecule has 0 saturated carbocycles. The first kappa shape index (κ1) is 20.0. The van der Waals surface area contributed by atoms with E-state index in [1.807, 2.05) is 6.07 Å². The van der Waals surface area contributed by atoms with Gasteiger partial charge in [0, 0.05) is 24.5 Å². The quantitative estimate of drug-likeness (QED) is 0.894. The van der Waals surface area contributed by atoms with Gasteiger partial charge < -0.3 is 10.1 Å². The van der Waals surface area contributed by atoms with Crippen LogP contribution in [0.1, 0.15) is 42.3 Å². The van der Waals surface area contributed by atoms with Crippen LogP contribution in [0, 0.1) is 0 Å². The summed E-state index contributed by atoms with van der Waals surface area (Å²) in [4.78, 5) is 16.0. The molecule has 0 aliphatic carbocycles. The number of ether oxygens (including phenoxy) is 1. The Hall–Kier alpha value is -2.07. The Kier molecular flexibility index (Phi) is 7.23. The average molecular weight is 349 g/mol. The molecule has 5 heteroatoms. The summed E-state index contributed by atoms with van der Waals surface area (Å²) < 4.78 is 5.43. The molecule has 4 nitrogen and oxygen atoms in total. The third-order valence-corrected chi connectivity index (χ3v) is 3.77. The summed E-state index contributed by atoms with van der Waals surface area (Å²) in [6.07, 6.45) is 3.96. The van der Waals surface area contributed by atoms with Crippen LogP contribution in [0.25, 0.3) is 0 Å². The minimum Gasteiger partial charge on any atom is -0.496 e. The van der Waals surface area contributed by atoms with Crippen LogP contribution in [-0.4, -0.2) is 24.5 Å². The van der Waals surface area contributed by atoms with E-state index in [1.165, 1.54) is 5.56 Å². The number of halogens is 1. The third kappa shape index (κ3) is 5.24. The number of carbonyl (C=O) groups is 1. The molecule has 0 saturated heterocycles. The predicted molar refractivity (Wildman–Crippen MR) is 99.2 cm³/mol. The van der Waals surface area contributed by atoms with E-state index in [0.717, 1.165) is 17.7 Å². The highest BCUT2D eigenvalue weighted by Gasteiger charge is 2.16. The van der Waals surface area contributed by atoms with E-state index in [1.54, 1.807) is 31.6 Å². The highest BCUT2D eigenvalue weighted by molar-refractivity contribution is 5.93. The lowest BCUT2D eigenvalue weighted by Gasteiger charge is -2.21. The van der Waals surface area contributed by atoms with Gasteiger partial charge in [0.05, 0.1) is 7.11 Å². The van der Waals surface area contributed by atoms with Gasteiger partial charge >= 0.3 is 0 Å². The summed E-state index contributed by atoms with van der Waals surface area (Å²) >= 11 is 0. The molecule has 130 valence electrons. The molecule has 1 N–H and O–H groups in total. The first-order valence-electron chi connectivity index (χ1n) is 7.77. The molecule has 0 unspecified atom stereocenters. The van der Waals surface area contributed by atoms with Gasteiger partial charge in [-0.15, -0.1) is 12.4 Å². The molecule has 1 amide bonds. The van der Waals surface area contributed by atoms with Gasteiger partial charge in [-0.1, -0.05) is 32.9 Å². The molecule has 1 heterocycles. The van der Waals surface area contributed by atoms with Crippen LogP contribution in [-0.2, 0) is 11.8 Å². The van der Waals surface area contributed by atoms with Crippen molar-refractivity contribution < 1.29 is 9.53 Å². The minimum absolute atomic E-state index is 0. The fourth-order valence-electron chi connectivity index (χ4n) is 2.36. The molecule has 0 spiro atoms. The van der Waals surface area contributed by atoms with Gasteiger partial charge in [-0.2, -0.15) is 0 Å². The molecule has 2 aromatic rings. The number of aromatic nitrogens is 1. The fraction of sp³-hybridized carbons (Fsp3) is 0.368. The van der Waals surface area contributed by atoms with Crippen LogP contribution in [0.15, 0.2) is 42.7 Å². The summed E-state index contributed by atoms with van der Waals surface area (Å²) in [5, 5.41) is 2.93. The van der Waals surface area contributed by atoms with Crippen LogP contribution in [0.5, 0.6) is 5.75 Å². The van der Waals surface area contributed by atoms with Crippen molar-refractivity contribution in [3.05, 3.63) is 59.4 Å². The van der Waals surface area contributed by atoms with E-state index < -0.39 is 0 Å². The lowest BCUT2D eigenvalue weighted by Crippen LogP contribution is -2.25. The maximum atomic E-state index is 12.0. The molecule has 0 radical (unpaired) electrons. The SMILES string of the molecule is COc1ccc(C(C)(C)C)cc1CCNC(=O)c1ccncc1.Cl. The fourth-order valence-corrected chi connectivity index (χ4v) is 2.36. The van der Waals surface area contributed by atoms with Crippen molar-refractivity contribution in [2.45, 2.75) is 32.6 Å². The Labute approximate surface area is 150 Å². The topological polar surface area (TPSA) is 51.2 Å². The zero-order valence-electron chi connectivity index (χ0n) is 14.6. The third-order valence-electron chi connectivity index (χ3n) is 3.77. The Balaban J connectivity index is 0.00000288. The number of hydrogen-bond donors (Lipinski definition) is 1. The monoisotopic (exact) mass is 348 g/mol. The molecule has 1 aromatic carbocycles. The van der Waals surface area contributed by atoms with Crippen LogP contribution >= 0.6 is 12.4 Å². The van der Waals surface area contributed by atoms with E-state index in [9.17, 15) is 4.79 Å². The van der Waals surface area contributed by atoms with Gasteiger partial charge in [0.2, 0.25) is 0 Å². The van der Waals surface area contributed by atoms with Crippen molar-refractivity contribution in [3.63, 3.8) is 0 Å². The molecule has 0 fully saturated rings. The standard InChI is InChI=1S/C19H24N2O2.ClH/c1-19(2,3)16-5-6-17(23-4)15(13-16)9-12-21-18(22)14-7-10-20-11-8-14;/h5-8,10-11,13H,9,12H2,1-4H3,(H,21,22);1H. The summed E-state index contributed by atoms with van der Waals surface area (Å²) in [5.74, 6) is 0.773. The smallest absolute Gasteiger partial charge is 0.251 e. The molecular weight excluding hydrogens is 324 g/mol. The van der Waals surface area contributed by atoms with E-state index in [4.69, 9.17) is 4.74 Å². The van der Waals surface area contributed by atoms with E-state index in [2.05, 4.69) is 43.2 Å². The minimum atomic E-state index is -0.0849. The number of carbonyl (C=O) groups excluding carboxylic acids is 1. The van der Waals surface area contributed by atoms with Crippen LogP contribution < -0.4 is 10.1 Å². The highest BCUT2D eigenvalue weighted by Crippen LogP contribution is 2.28. The van der Waals surface area contributed by atoms with Crippen molar-refractivity contribution in [2.75, 3.05) is 13.7 Å². The number of hydrogen-bond acceptors (Lipinski definition) is 3. The first-order valence-corrected chi connectivity index (χ1v) is 7.77. The lowest BCUT2D eigenvalue weighted by molar-refractivity contribution is 0.0954. The van der Waals surface area contributed by atoms with Gasteiger partial charge in [-0.3, -0.25) is 9.78 Å². The van der Waals surface area contributed by atoms with Gasteiger partial charge in [-0.05, 0) is 41.2 Å². The molecule has 0 atom stereocenters. The summed E-state index contributed by atoms with van der Waals surface area (Å²) in [7, 11) is 1.67. The van der Waals surface area contributed by atoms with E-state index >= 15 is 0 Å². The van der Waals surface area contributed by atoms with Gasteiger partial charge in [0.15, 0.2) is 0 Å². The number of nitrogens with one attached hydrogen (secondary N) is 1. The van der Waals surface area contributed by atoms with Crippen LogP contribution in [0.3, 0.4) is 0 Å². The molecular formula is C19H25ClN2O2. The van der Waals surface area contributed by atoms with Gasteiger partial charge in [-0.25, -0.2) is 0 Å². The maximum Gasteiger partial charge on any atom is 0.251 e. The number of pyridine rings is 1. The number of methoxy groups -OCH3 is 1. The summed E-state index contributed by atoms with van der Waals surface area (Å²) in [6.45, 7) is 7.11. The normalized spacial score (nSPS) is 10.7. The molecule has 0 aliphatic heterocycles. The molecule has 0 aliphatic rings. The Morgan fingerprint density at radius 2 is 1.83 bits per heavy atom. The predicted octanol–water partition coefficient (Wildman–Crippen LogP) is 3.78. The molecule has 1 aromatic heterocycles. The Bertz CT molecular complexity index is 667. The van der Waals surface area contributed by atoms with Crippen molar-refractivity contribution in [1.29, 1.82) is 0 Å². The van der Waals surface area contributed by atoms with Crippen molar-refractivity contribution >= 4 is 18.3 Å². The Morgan fingerprint density at radius 3 is 2.42 bits per heavy atom. The van der Waals surface area contributed by atoms with Crippen LogP contribution in [0.4, 0.5) is 0 Å². The second-order valence-electron chi connectivity index (χ2n) is 6.52. The number of benzene rings is 1. The average Bonchev–Trinajstić information content (AvgIpc) is 2.54. The molecule has 2 rings (SSSR count). The highest BCUT2D eigenvalue weighted by atomic mass is 35.5. The van der Waals surface area contributed by atoms with Crippen molar-refractivity contribution in [2.24, 2.45) is 0 Å². The number of rotatable bonds is 5. The number of nitrogens with zero attached hydrogens (tertiary/aromatic N) is 1. The summed E-state index contributed by atoms with van der Waals surface area (Å²) in [5.41, 5.74) is 3.07. The lowest BCUT2D eigenvalue weighted by atomic mass is 9.85. The first-order chi connectivity index (χ1) is 10.9. The summed E-state index contributed by atoms with van der Waals surface area (Å²) in [6, 6.07) is 9.67. The van der Waals surface area contributed by atoms with Crippen LogP contribution in [0.2, 0.25) is 0 Å². The van der Waals surface area contributed by atoms with Crippen molar-refractivity contribution in [3.8, 4) is 5.75 Å². The van der Waals surface area contributed by atoms with Crippen molar-refractivity contribution in [1.82, 2.24) is 10.3 Å². The van der Waals surface area contributed by atoms with E-state index in [0.29, 0.717) is 12.1 Å². The molecule has 0 bridgehead atoms. The second-order valence-corrected chi connectivity index (χ2v) is 6.52. The Morgan fingerprint density at radius 1 is 1.17 bits per heavy atom. The largest absolute Gasteiger partial charge is 0.496 e. The van der Waals surface area contributed by atoms with E-state index in [-0.39, 0.29) is 23.7 Å². The zero-order valence-corrected chi connectivity index (χ0v) is 15.4. The maximum absolute atomic E-state index is 12.0. The van der Waals surface area contributed by atoms with Gasteiger partial charge in [0.25, 0.3) is 5.91 Å². The van der Waals surface area contributed by atoms with Gasteiger partial charge in [0.1, 0.15) is 5.75 Å². The zero-order chi connectivity index (χ0) is 16.9. The number of amides is 1. The second kappa shape index (κ2) is 8.69. The molecule has 24 heavy (non-hydrogen) atoms.